The summed E-state index contributed by atoms with van der Waals surface area (Å²) in [5, 5.41) is 23.4. The first-order valence-electron chi connectivity index (χ1n) is 7.51. The van der Waals surface area contributed by atoms with Crippen LogP contribution < -0.4 is 10.6 Å². The van der Waals surface area contributed by atoms with Gasteiger partial charge in [0.15, 0.2) is 0 Å². The largest absolute Gasteiger partial charge is 0.396 e. The van der Waals surface area contributed by atoms with E-state index in [0.717, 1.165) is 6.07 Å². The van der Waals surface area contributed by atoms with Gasteiger partial charge in [0.05, 0.1) is 17.2 Å². The molecule has 0 aromatic heterocycles. The summed E-state index contributed by atoms with van der Waals surface area (Å²) in [5.41, 5.74) is -1.45. The highest BCUT2D eigenvalue weighted by Crippen LogP contribution is 2.20. The number of halogens is 3. The number of amides is 2. The second kappa shape index (κ2) is 8.55. The smallest absolute Gasteiger partial charge is 0.254 e. The Balaban J connectivity index is 2.63. The Labute approximate surface area is 149 Å². The van der Waals surface area contributed by atoms with Crippen molar-refractivity contribution < 1.29 is 28.6 Å². The minimum Gasteiger partial charge on any atom is -0.396 e. The standard InChI is InChI=1S/C16H21ClF2N2O4/c1-8(6-20-15(25)13(23)16(2,3)7-22)21-14(24)9-4-10(17)12(19)5-11(9)18/h4-5,8,13,22-23H,6-7H2,1-3H3,(H,20,25)(H,21,24). The monoisotopic (exact) mass is 378 g/mol. The van der Waals surface area contributed by atoms with Gasteiger partial charge in [-0.15, -0.1) is 0 Å². The SMILES string of the molecule is CC(CNC(=O)C(O)C(C)(C)CO)NC(=O)c1cc(Cl)c(F)cc1F. The fourth-order valence-electron chi connectivity index (χ4n) is 1.84. The van der Waals surface area contributed by atoms with Crippen molar-refractivity contribution in [3.63, 3.8) is 0 Å². The number of aliphatic hydroxyl groups is 2. The molecule has 2 amide bonds. The van der Waals surface area contributed by atoms with Gasteiger partial charge in [-0.25, -0.2) is 8.78 Å². The first-order chi connectivity index (χ1) is 11.5. The lowest BCUT2D eigenvalue weighted by molar-refractivity contribution is -0.137. The topological polar surface area (TPSA) is 98.7 Å². The molecular weight excluding hydrogens is 358 g/mol. The number of aliphatic hydroxyl groups excluding tert-OH is 2. The highest BCUT2D eigenvalue weighted by atomic mass is 35.5. The predicted octanol–water partition coefficient (Wildman–Crippen LogP) is 1.23. The fraction of sp³-hybridized carbons (Fsp3) is 0.500. The second-order valence-electron chi connectivity index (χ2n) is 6.42. The van der Waals surface area contributed by atoms with Gasteiger partial charge in [-0.05, 0) is 13.0 Å². The van der Waals surface area contributed by atoms with Crippen molar-refractivity contribution in [2.24, 2.45) is 5.41 Å². The maximum Gasteiger partial charge on any atom is 0.254 e. The molecule has 2 unspecified atom stereocenters. The third kappa shape index (κ3) is 5.62. The maximum atomic E-state index is 13.6. The molecule has 0 aliphatic rings. The van der Waals surface area contributed by atoms with E-state index < -0.39 is 53.2 Å². The lowest BCUT2D eigenvalue weighted by atomic mass is 9.87. The third-order valence-electron chi connectivity index (χ3n) is 3.61. The molecule has 1 aromatic rings. The molecule has 0 fully saturated rings. The molecule has 1 aromatic carbocycles. The maximum absolute atomic E-state index is 13.6. The Morgan fingerprint density at radius 1 is 1.28 bits per heavy atom. The van der Waals surface area contributed by atoms with Gasteiger partial charge < -0.3 is 20.8 Å². The van der Waals surface area contributed by atoms with E-state index >= 15 is 0 Å². The number of nitrogens with one attached hydrogen (secondary N) is 2. The molecule has 0 aliphatic heterocycles. The fourth-order valence-corrected chi connectivity index (χ4v) is 2.00. The first-order valence-corrected chi connectivity index (χ1v) is 7.89. The van der Waals surface area contributed by atoms with Crippen LogP contribution >= 0.6 is 11.6 Å². The average Bonchev–Trinajstić information content (AvgIpc) is 2.54. The van der Waals surface area contributed by atoms with Gasteiger partial charge in [0.25, 0.3) is 5.91 Å². The number of hydrogen-bond donors (Lipinski definition) is 4. The third-order valence-corrected chi connectivity index (χ3v) is 3.90. The number of carbonyl (C=O) groups excluding carboxylic acids is 2. The van der Waals surface area contributed by atoms with Crippen LogP contribution in [0, 0.1) is 17.0 Å². The van der Waals surface area contributed by atoms with Gasteiger partial charge in [-0.1, -0.05) is 25.4 Å². The van der Waals surface area contributed by atoms with E-state index in [4.69, 9.17) is 16.7 Å². The normalized spacial score (nSPS) is 13.9. The van der Waals surface area contributed by atoms with E-state index in [9.17, 15) is 23.5 Å². The molecule has 0 spiro atoms. The molecule has 0 saturated heterocycles. The minimum absolute atomic E-state index is 0.0420. The Hall–Kier alpha value is -1.77. The van der Waals surface area contributed by atoms with Gasteiger partial charge in [0.2, 0.25) is 5.91 Å². The van der Waals surface area contributed by atoms with E-state index in [1.807, 2.05) is 0 Å². The molecule has 0 saturated carbocycles. The summed E-state index contributed by atoms with van der Waals surface area (Å²) in [6, 6.07) is 0.779. The molecule has 1 rings (SSSR count). The lowest BCUT2D eigenvalue weighted by Gasteiger charge is -2.27. The molecular formula is C16H21ClF2N2O4. The summed E-state index contributed by atoms with van der Waals surface area (Å²) in [5.74, 6) is -3.57. The van der Waals surface area contributed by atoms with Crippen LogP contribution in [0.3, 0.4) is 0 Å². The summed E-state index contributed by atoms with van der Waals surface area (Å²) < 4.78 is 26.7. The Morgan fingerprint density at radius 2 is 1.88 bits per heavy atom. The summed E-state index contributed by atoms with van der Waals surface area (Å²) in [6.07, 6.45) is -1.44. The van der Waals surface area contributed by atoms with Crippen LogP contribution in [0.5, 0.6) is 0 Å². The number of hydrogen-bond acceptors (Lipinski definition) is 4. The zero-order chi connectivity index (χ0) is 19.4. The number of carbonyl (C=O) groups is 2. The molecule has 0 aliphatic carbocycles. The second-order valence-corrected chi connectivity index (χ2v) is 6.82. The highest BCUT2D eigenvalue weighted by molar-refractivity contribution is 6.31. The van der Waals surface area contributed by atoms with Gasteiger partial charge >= 0.3 is 0 Å². The van der Waals surface area contributed by atoms with E-state index in [1.54, 1.807) is 6.92 Å². The van der Waals surface area contributed by atoms with Crippen molar-refractivity contribution in [3.05, 3.63) is 34.4 Å². The summed E-state index contributed by atoms with van der Waals surface area (Å²) in [4.78, 5) is 23.8. The zero-order valence-corrected chi connectivity index (χ0v) is 14.8. The molecule has 25 heavy (non-hydrogen) atoms. The van der Waals surface area contributed by atoms with Crippen LogP contribution in [0.4, 0.5) is 8.78 Å². The highest BCUT2D eigenvalue weighted by Gasteiger charge is 2.33. The molecule has 0 radical (unpaired) electrons. The minimum atomic E-state index is -1.44. The summed E-state index contributed by atoms with van der Waals surface area (Å²) in [6.45, 7) is 4.15. The summed E-state index contributed by atoms with van der Waals surface area (Å²) in [7, 11) is 0. The molecule has 9 heteroatoms. The van der Waals surface area contributed by atoms with Crippen molar-refractivity contribution >= 4 is 23.4 Å². The molecule has 0 heterocycles. The van der Waals surface area contributed by atoms with Crippen molar-refractivity contribution in [2.45, 2.75) is 32.9 Å². The van der Waals surface area contributed by atoms with Crippen LogP contribution in [-0.2, 0) is 4.79 Å². The van der Waals surface area contributed by atoms with E-state index in [1.165, 1.54) is 13.8 Å². The van der Waals surface area contributed by atoms with Crippen LogP contribution in [-0.4, -0.2) is 47.3 Å². The van der Waals surface area contributed by atoms with Crippen LogP contribution in [0.25, 0.3) is 0 Å². The van der Waals surface area contributed by atoms with Gasteiger partial charge in [-0.3, -0.25) is 9.59 Å². The van der Waals surface area contributed by atoms with Gasteiger partial charge in [0.1, 0.15) is 17.7 Å². The van der Waals surface area contributed by atoms with Crippen molar-refractivity contribution in [1.29, 1.82) is 0 Å². The van der Waals surface area contributed by atoms with Crippen molar-refractivity contribution in [3.8, 4) is 0 Å². The number of rotatable bonds is 7. The first kappa shape index (κ1) is 21.3. The predicted molar refractivity (Wildman–Crippen MR) is 88.2 cm³/mol. The van der Waals surface area contributed by atoms with Crippen molar-refractivity contribution in [1.82, 2.24) is 10.6 Å². The summed E-state index contributed by atoms with van der Waals surface area (Å²) >= 11 is 5.53. The lowest BCUT2D eigenvalue weighted by Crippen LogP contribution is -2.49. The Kier molecular flexibility index (Phi) is 7.28. The number of benzene rings is 1. The molecule has 2 atom stereocenters. The van der Waals surface area contributed by atoms with Crippen molar-refractivity contribution in [2.75, 3.05) is 13.2 Å². The quantitative estimate of drug-likeness (QED) is 0.536. The zero-order valence-electron chi connectivity index (χ0n) is 14.1. The molecule has 140 valence electrons. The Bertz CT molecular complexity index is 655. The van der Waals surface area contributed by atoms with Gasteiger partial charge in [0, 0.05) is 24.1 Å². The van der Waals surface area contributed by atoms with Crippen LogP contribution in [0.2, 0.25) is 5.02 Å². The van der Waals surface area contributed by atoms with E-state index in [2.05, 4.69) is 10.6 Å². The van der Waals surface area contributed by atoms with E-state index in [0.29, 0.717) is 6.07 Å². The average molecular weight is 379 g/mol. The molecule has 4 N–H and O–H groups in total. The molecule has 6 nitrogen and oxygen atoms in total. The van der Waals surface area contributed by atoms with Crippen LogP contribution in [0.15, 0.2) is 12.1 Å². The molecule has 0 bridgehead atoms. The van der Waals surface area contributed by atoms with Gasteiger partial charge in [-0.2, -0.15) is 0 Å². The van der Waals surface area contributed by atoms with E-state index in [-0.39, 0.29) is 11.6 Å². The van der Waals surface area contributed by atoms with Crippen LogP contribution in [0.1, 0.15) is 31.1 Å². The Morgan fingerprint density at radius 3 is 2.44 bits per heavy atom.